The molecule has 0 spiro atoms. The topological polar surface area (TPSA) is 40.5 Å². The van der Waals surface area contributed by atoms with E-state index in [2.05, 4.69) is 24.3 Å². The van der Waals surface area contributed by atoms with Crippen LogP contribution in [0, 0.1) is 0 Å². The number of rotatable bonds is 2. The fourth-order valence-corrected chi connectivity index (χ4v) is 2.94. The molecule has 3 rings (SSSR count). The highest BCUT2D eigenvalue weighted by Gasteiger charge is 2.35. The van der Waals surface area contributed by atoms with Gasteiger partial charge < -0.3 is 0 Å². The van der Waals surface area contributed by atoms with Gasteiger partial charge in [-0.3, -0.25) is 10.0 Å². The van der Waals surface area contributed by atoms with Gasteiger partial charge in [0.2, 0.25) is 5.91 Å². The predicted octanol–water partition coefficient (Wildman–Crippen LogP) is 3.18. The molecule has 102 valence electrons. The fourth-order valence-electron chi connectivity index (χ4n) is 2.94. The first kappa shape index (κ1) is 12.9. The number of hydrogen-bond donors (Lipinski definition) is 1. The maximum Gasteiger partial charge on any atom is 0.246 e. The molecular formula is C17H17NO2. The Morgan fingerprint density at radius 3 is 1.90 bits per heavy atom. The molecule has 2 aromatic rings. The molecule has 3 nitrogen and oxygen atoms in total. The first-order valence-electron chi connectivity index (χ1n) is 6.85. The average molecular weight is 267 g/mol. The highest BCUT2D eigenvalue weighted by molar-refractivity contribution is 5.77. The van der Waals surface area contributed by atoms with E-state index in [1.165, 1.54) is 0 Å². The summed E-state index contributed by atoms with van der Waals surface area (Å²) in [6.45, 7) is 0.350. The highest BCUT2D eigenvalue weighted by Crippen LogP contribution is 2.39. The number of carbonyl (C=O) groups excluding carboxylic acids is 1. The summed E-state index contributed by atoms with van der Waals surface area (Å²) in [5, 5.41) is 10.6. The van der Waals surface area contributed by atoms with E-state index in [0.717, 1.165) is 16.2 Å². The quantitative estimate of drug-likeness (QED) is 0.849. The van der Waals surface area contributed by atoms with Crippen molar-refractivity contribution in [1.29, 1.82) is 0 Å². The van der Waals surface area contributed by atoms with Gasteiger partial charge in [0.25, 0.3) is 0 Å². The molecule has 1 amide bonds. The van der Waals surface area contributed by atoms with Gasteiger partial charge in [0.05, 0.1) is 6.54 Å². The van der Waals surface area contributed by atoms with E-state index >= 15 is 0 Å². The van der Waals surface area contributed by atoms with E-state index in [0.29, 0.717) is 13.0 Å². The number of piperidine rings is 1. The second-order valence-corrected chi connectivity index (χ2v) is 5.21. The minimum absolute atomic E-state index is 0.120. The van der Waals surface area contributed by atoms with Crippen LogP contribution in [0.5, 0.6) is 0 Å². The third-order valence-electron chi connectivity index (χ3n) is 3.99. The average Bonchev–Trinajstić information content (AvgIpc) is 2.51. The van der Waals surface area contributed by atoms with Crippen molar-refractivity contribution in [3.05, 3.63) is 71.8 Å². The van der Waals surface area contributed by atoms with Crippen molar-refractivity contribution in [3.63, 3.8) is 0 Å². The van der Waals surface area contributed by atoms with Crippen LogP contribution in [0.2, 0.25) is 0 Å². The fraction of sp³-hybridized carbons (Fsp3) is 0.235. The number of benzene rings is 2. The van der Waals surface area contributed by atoms with Crippen LogP contribution in [0.1, 0.15) is 29.4 Å². The van der Waals surface area contributed by atoms with Crippen LogP contribution in [0.3, 0.4) is 0 Å². The first-order chi connectivity index (χ1) is 9.75. The van der Waals surface area contributed by atoms with Gasteiger partial charge in [-0.2, -0.15) is 0 Å². The zero-order chi connectivity index (χ0) is 13.9. The summed E-state index contributed by atoms with van der Waals surface area (Å²) in [6.07, 6.45) is 0.347. The molecule has 0 aromatic heterocycles. The normalized spacial score (nSPS) is 22.9. The Labute approximate surface area is 118 Å². The summed E-state index contributed by atoms with van der Waals surface area (Å²) < 4.78 is 0. The minimum Gasteiger partial charge on any atom is -0.286 e. The molecule has 1 aliphatic rings. The van der Waals surface area contributed by atoms with Gasteiger partial charge >= 0.3 is 0 Å². The Bertz CT molecular complexity index is 582. The maximum atomic E-state index is 11.8. The molecule has 0 radical (unpaired) electrons. The highest BCUT2D eigenvalue weighted by atomic mass is 16.5. The largest absolute Gasteiger partial charge is 0.286 e. The van der Waals surface area contributed by atoms with Gasteiger partial charge in [-0.25, -0.2) is 5.06 Å². The van der Waals surface area contributed by atoms with Crippen LogP contribution < -0.4 is 0 Å². The second-order valence-electron chi connectivity index (χ2n) is 5.21. The molecule has 1 heterocycles. The Hall–Kier alpha value is -2.13. The molecule has 2 unspecified atom stereocenters. The van der Waals surface area contributed by atoms with Crippen LogP contribution in [-0.2, 0) is 4.79 Å². The molecule has 0 aliphatic carbocycles. The second kappa shape index (κ2) is 5.47. The van der Waals surface area contributed by atoms with Crippen molar-refractivity contribution in [2.45, 2.75) is 18.3 Å². The van der Waals surface area contributed by atoms with Gasteiger partial charge in [0.15, 0.2) is 0 Å². The molecule has 0 saturated carbocycles. The van der Waals surface area contributed by atoms with Crippen LogP contribution in [0.15, 0.2) is 60.7 Å². The first-order valence-corrected chi connectivity index (χ1v) is 6.85. The van der Waals surface area contributed by atoms with Gasteiger partial charge in [-0.15, -0.1) is 0 Å². The molecule has 2 aromatic carbocycles. The van der Waals surface area contributed by atoms with Crippen LogP contribution >= 0.6 is 0 Å². The maximum absolute atomic E-state index is 11.8. The smallest absolute Gasteiger partial charge is 0.246 e. The van der Waals surface area contributed by atoms with Crippen LogP contribution in [0.4, 0.5) is 0 Å². The van der Waals surface area contributed by atoms with E-state index in [1.54, 1.807) is 0 Å². The number of nitrogens with zero attached hydrogens (tertiary/aromatic N) is 1. The lowest BCUT2D eigenvalue weighted by molar-refractivity contribution is -0.172. The lowest BCUT2D eigenvalue weighted by Gasteiger charge is -2.35. The van der Waals surface area contributed by atoms with Crippen molar-refractivity contribution in [1.82, 2.24) is 5.06 Å². The molecule has 2 atom stereocenters. The molecule has 3 heteroatoms. The van der Waals surface area contributed by atoms with Crippen molar-refractivity contribution in [2.75, 3.05) is 6.54 Å². The Kier molecular flexibility index (Phi) is 3.52. The minimum atomic E-state index is -0.203. The lowest BCUT2D eigenvalue weighted by atomic mass is 9.77. The molecule has 1 fully saturated rings. The summed E-state index contributed by atoms with van der Waals surface area (Å²) in [4.78, 5) is 11.8. The van der Waals surface area contributed by atoms with Crippen molar-refractivity contribution in [2.24, 2.45) is 0 Å². The number of hydrogen-bond acceptors (Lipinski definition) is 2. The van der Waals surface area contributed by atoms with Crippen molar-refractivity contribution in [3.8, 4) is 0 Å². The Morgan fingerprint density at radius 1 is 0.850 bits per heavy atom. The predicted molar refractivity (Wildman–Crippen MR) is 76.5 cm³/mol. The van der Waals surface area contributed by atoms with Crippen LogP contribution in [0.25, 0.3) is 0 Å². The lowest BCUT2D eigenvalue weighted by Crippen LogP contribution is -2.40. The van der Waals surface area contributed by atoms with E-state index in [1.807, 2.05) is 36.4 Å². The Morgan fingerprint density at radius 2 is 1.35 bits per heavy atom. The summed E-state index contributed by atoms with van der Waals surface area (Å²) in [5.74, 6) is 0.0434. The van der Waals surface area contributed by atoms with Crippen molar-refractivity contribution >= 4 is 5.91 Å². The van der Waals surface area contributed by atoms with E-state index in [4.69, 9.17) is 0 Å². The number of amides is 1. The third-order valence-corrected chi connectivity index (χ3v) is 3.99. The number of hydroxylamine groups is 2. The molecule has 20 heavy (non-hydrogen) atoms. The summed E-state index contributed by atoms with van der Waals surface area (Å²) >= 11 is 0. The van der Waals surface area contributed by atoms with Gasteiger partial charge in [0.1, 0.15) is 0 Å². The molecule has 1 saturated heterocycles. The zero-order valence-corrected chi connectivity index (χ0v) is 11.1. The molecule has 1 aliphatic heterocycles. The molecular weight excluding hydrogens is 250 g/mol. The molecule has 0 bridgehead atoms. The van der Waals surface area contributed by atoms with E-state index < -0.39 is 0 Å². The number of carbonyl (C=O) groups is 1. The van der Waals surface area contributed by atoms with Crippen LogP contribution in [-0.4, -0.2) is 22.7 Å². The SMILES string of the molecule is O=C1CC(c2ccccc2)C(c2ccccc2)CN1O. The summed E-state index contributed by atoms with van der Waals surface area (Å²) in [7, 11) is 0. The zero-order valence-electron chi connectivity index (χ0n) is 11.1. The standard InChI is InChI=1S/C17H17NO2/c19-17-11-15(13-7-3-1-4-8-13)16(12-18(17)20)14-9-5-2-6-10-14/h1-10,15-16,20H,11-12H2. The third kappa shape index (κ3) is 2.45. The summed E-state index contributed by atoms with van der Waals surface area (Å²) in [5.41, 5.74) is 2.32. The van der Waals surface area contributed by atoms with E-state index in [9.17, 15) is 10.0 Å². The molecule has 1 N–H and O–H groups in total. The Balaban J connectivity index is 1.98. The van der Waals surface area contributed by atoms with Gasteiger partial charge in [-0.05, 0) is 11.1 Å². The monoisotopic (exact) mass is 267 g/mol. The van der Waals surface area contributed by atoms with E-state index in [-0.39, 0.29) is 17.7 Å². The summed E-state index contributed by atoms with van der Waals surface area (Å²) in [6, 6.07) is 20.2. The van der Waals surface area contributed by atoms with Gasteiger partial charge in [0, 0.05) is 18.3 Å². The van der Waals surface area contributed by atoms with Gasteiger partial charge in [-0.1, -0.05) is 60.7 Å². The van der Waals surface area contributed by atoms with Crippen molar-refractivity contribution < 1.29 is 10.0 Å².